The highest BCUT2D eigenvalue weighted by Gasteiger charge is 2.18. The molecule has 0 aliphatic carbocycles. The summed E-state index contributed by atoms with van der Waals surface area (Å²) in [4.78, 5) is 30.7. The largest absolute Gasteiger partial charge is 0.495 e. The van der Waals surface area contributed by atoms with E-state index < -0.39 is 0 Å². The number of carbonyl (C=O) groups excluding carboxylic acids is 1. The molecule has 0 saturated heterocycles. The van der Waals surface area contributed by atoms with Crippen molar-refractivity contribution in [3.8, 4) is 11.5 Å². The molecule has 0 fully saturated rings. The third kappa shape index (κ3) is 5.38. The first-order valence-electron chi connectivity index (χ1n) is 11.1. The fourth-order valence-electron chi connectivity index (χ4n) is 3.75. The van der Waals surface area contributed by atoms with Crippen molar-refractivity contribution in [1.82, 2.24) is 9.88 Å². The van der Waals surface area contributed by atoms with E-state index in [-0.39, 0.29) is 18.1 Å². The Kier molecular flexibility index (Phi) is 7.13. The van der Waals surface area contributed by atoms with Crippen LogP contribution in [0.3, 0.4) is 0 Å². The van der Waals surface area contributed by atoms with Gasteiger partial charge in [0.1, 0.15) is 11.5 Å². The lowest BCUT2D eigenvalue weighted by Crippen LogP contribution is -2.35. The van der Waals surface area contributed by atoms with E-state index in [1.165, 1.54) is 0 Å². The number of nitrogens with zero attached hydrogens (tertiary/aromatic N) is 1. The standard InChI is InChI=1S/C27H27N3O4/c1-3-34-22-13-14-23-20(16-22)15-21(26(31)28-23)18-30(17-19-9-5-4-6-10-19)27(32)29-24-11-7-8-12-25(24)33-2/h4-16H,3,17-18H2,1-2H3,(H,28,31)(H,29,32). The molecule has 0 aliphatic heterocycles. The molecule has 7 heteroatoms. The van der Waals surface area contributed by atoms with Crippen LogP contribution in [0.15, 0.2) is 83.7 Å². The van der Waals surface area contributed by atoms with Crippen molar-refractivity contribution in [2.75, 3.05) is 19.0 Å². The number of amides is 2. The molecule has 0 spiro atoms. The molecule has 1 aromatic heterocycles. The maximum absolute atomic E-state index is 13.3. The van der Waals surface area contributed by atoms with Gasteiger partial charge in [-0.2, -0.15) is 0 Å². The van der Waals surface area contributed by atoms with E-state index in [2.05, 4.69) is 10.3 Å². The van der Waals surface area contributed by atoms with Gasteiger partial charge in [-0.3, -0.25) is 4.79 Å². The summed E-state index contributed by atoms with van der Waals surface area (Å²) in [5.41, 5.74) is 2.47. The monoisotopic (exact) mass is 457 g/mol. The topological polar surface area (TPSA) is 83.7 Å². The number of benzene rings is 3. The fraction of sp³-hybridized carbons (Fsp3) is 0.185. The second-order valence-electron chi connectivity index (χ2n) is 7.78. The van der Waals surface area contributed by atoms with Crippen LogP contribution < -0.4 is 20.3 Å². The Balaban J connectivity index is 1.66. The average Bonchev–Trinajstić information content (AvgIpc) is 2.85. The zero-order valence-corrected chi connectivity index (χ0v) is 19.2. The molecule has 0 radical (unpaired) electrons. The van der Waals surface area contributed by atoms with Crippen LogP contribution in [0.4, 0.5) is 10.5 Å². The second-order valence-corrected chi connectivity index (χ2v) is 7.78. The van der Waals surface area contributed by atoms with Crippen LogP contribution in [0.25, 0.3) is 10.9 Å². The van der Waals surface area contributed by atoms with Gasteiger partial charge in [-0.1, -0.05) is 42.5 Å². The minimum absolute atomic E-state index is 0.125. The van der Waals surface area contributed by atoms with Crippen LogP contribution in [0.1, 0.15) is 18.1 Å². The van der Waals surface area contributed by atoms with Gasteiger partial charge in [-0.05, 0) is 48.9 Å². The first kappa shape index (κ1) is 22.9. The minimum atomic E-state index is -0.337. The van der Waals surface area contributed by atoms with Gasteiger partial charge in [0.05, 0.1) is 25.9 Å². The number of para-hydroxylation sites is 2. The predicted octanol–water partition coefficient (Wildman–Crippen LogP) is 5.17. The highest BCUT2D eigenvalue weighted by atomic mass is 16.5. The third-order valence-electron chi connectivity index (χ3n) is 5.42. The summed E-state index contributed by atoms with van der Waals surface area (Å²) >= 11 is 0. The number of anilines is 1. The molecule has 4 rings (SSSR count). The molecule has 2 amide bonds. The molecule has 0 aliphatic rings. The summed E-state index contributed by atoms with van der Waals surface area (Å²) in [5.74, 6) is 1.28. The molecule has 4 aromatic rings. The molecule has 7 nitrogen and oxygen atoms in total. The van der Waals surface area contributed by atoms with Gasteiger partial charge >= 0.3 is 6.03 Å². The predicted molar refractivity (Wildman–Crippen MR) is 133 cm³/mol. The molecule has 0 atom stereocenters. The van der Waals surface area contributed by atoms with Crippen molar-refractivity contribution in [3.05, 3.63) is 100 Å². The van der Waals surface area contributed by atoms with Crippen molar-refractivity contribution in [2.45, 2.75) is 20.0 Å². The Morgan fingerprint density at radius 2 is 1.74 bits per heavy atom. The zero-order valence-electron chi connectivity index (χ0n) is 19.2. The zero-order chi connectivity index (χ0) is 23.9. The summed E-state index contributed by atoms with van der Waals surface area (Å²) in [6.45, 7) is 2.93. The number of H-pyrrole nitrogens is 1. The molecule has 0 bridgehead atoms. The summed E-state index contributed by atoms with van der Waals surface area (Å²) in [7, 11) is 1.55. The first-order chi connectivity index (χ1) is 16.6. The number of hydrogen-bond acceptors (Lipinski definition) is 4. The van der Waals surface area contributed by atoms with Gasteiger partial charge in [0.2, 0.25) is 0 Å². The fourth-order valence-corrected chi connectivity index (χ4v) is 3.75. The Hall–Kier alpha value is -4.26. The number of methoxy groups -OCH3 is 1. The molecular weight excluding hydrogens is 430 g/mol. The summed E-state index contributed by atoms with van der Waals surface area (Å²) < 4.78 is 11.0. The van der Waals surface area contributed by atoms with E-state index in [1.807, 2.05) is 73.7 Å². The van der Waals surface area contributed by atoms with E-state index in [9.17, 15) is 9.59 Å². The van der Waals surface area contributed by atoms with Crippen LogP contribution in [0.2, 0.25) is 0 Å². The molecular formula is C27H27N3O4. The molecule has 3 aromatic carbocycles. The van der Waals surface area contributed by atoms with Gasteiger partial charge in [0.15, 0.2) is 0 Å². The summed E-state index contributed by atoms with van der Waals surface area (Å²) in [6, 6.07) is 23.9. The number of aromatic amines is 1. The third-order valence-corrected chi connectivity index (χ3v) is 5.42. The molecule has 2 N–H and O–H groups in total. The lowest BCUT2D eigenvalue weighted by molar-refractivity contribution is 0.206. The number of rotatable bonds is 8. The number of pyridine rings is 1. The van der Waals surface area contributed by atoms with Gasteiger partial charge in [0.25, 0.3) is 5.56 Å². The molecule has 1 heterocycles. The number of nitrogens with one attached hydrogen (secondary N) is 2. The van der Waals surface area contributed by atoms with Gasteiger partial charge in [-0.25, -0.2) is 4.79 Å². The first-order valence-corrected chi connectivity index (χ1v) is 11.1. The van der Waals surface area contributed by atoms with Crippen molar-refractivity contribution in [2.24, 2.45) is 0 Å². The number of ether oxygens (including phenoxy) is 2. The molecule has 0 unspecified atom stereocenters. The Morgan fingerprint density at radius 3 is 2.50 bits per heavy atom. The number of carbonyl (C=O) groups is 1. The van der Waals surface area contributed by atoms with E-state index in [0.717, 1.165) is 16.7 Å². The van der Waals surface area contributed by atoms with Crippen molar-refractivity contribution in [3.63, 3.8) is 0 Å². The molecule has 0 saturated carbocycles. The molecule has 34 heavy (non-hydrogen) atoms. The average molecular weight is 458 g/mol. The lowest BCUT2D eigenvalue weighted by atomic mass is 10.1. The SMILES string of the molecule is CCOc1ccc2[nH]c(=O)c(CN(Cc3ccccc3)C(=O)Nc3ccccc3OC)cc2c1. The van der Waals surface area contributed by atoms with E-state index >= 15 is 0 Å². The minimum Gasteiger partial charge on any atom is -0.495 e. The Bertz CT molecular complexity index is 1330. The second kappa shape index (κ2) is 10.6. The maximum Gasteiger partial charge on any atom is 0.322 e. The van der Waals surface area contributed by atoms with Crippen LogP contribution in [-0.2, 0) is 13.1 Å². The maximum atomic E-state index is 13.3. The summed E-state index contributed by atoms with van der Waals surface area (Å²) in [6.07, 6.45) is 0. The summed E-state index contributed by atoms with van der Waals surface area (Å²) in [5, 5.41) is 3.75. The van der Waals surface area contributed by atoms with Crippen molar-refractivity contribution in [1.29, 1.82) is 0 Å². The van der Waals surface area contributed by atoms with Gasteiger partial charge < -0.3 is 24.7 Å². The number of urea groups is 1. The van der Waals surface area contributed by atoms with Crippen LogP contribution in [-0.4, -0.2) is 29.6 Å². The van der Waals surface area contributed by atoms with E-state index in [4.69, 9.17) is 9.47 Å². The smallest absolute Gasteiger partial charge is 0.322 e. The Morgan fingerprint density at radius 1 is 0.971 bits per heavy atom. The van der Waals surface area contributed by atoms with Crippen LogP contribution in [0.5, 0.6) is 11.5 Å². The number of aromatic nitrogens is 1. The van der Waals surface area contributed by atoms with Crippen molar-refractivity contribution >= 4 is 22.6 Å². The van der Waals surface area contributed by atoms with E-state index in [1.54, 1.807) is 24.1 Å². The van der Waals surface area contributed by atoms with Gasteiger partial charge in [0, 0.05) is 23.0 Å². The highest BCUT2D eigenvalue weighted by Crippen LogP contribution is 2.24. The normalized spacial score (nSPS) is 10.6. The highest BCUT2D eigenvalue weighted by molar-refractivity contribution is 5.91. The number of hydrogen-bond donors (Lipinski definition) is 2. The molecule has 174 valence electrons. The van der Waals surface area contributed by atoms with Gasteiger partial charge in [-0.15, -0.1) is 0 Å². The van der Waals surface area contributed by atoms with E-state index in [0.29, 0.717) is 35.7 Å². The van der Waals surface area contributed by atoms with Crippen LogP contribution >= 0.6 is 0 Å². The lowest BCUT2D eigenvalue weighted by Gasteiger charge is -2.24. The van der Waals surface area contributed by atoms with Crippen molar-refractivity contribution < 1.29 is 14.3 Å². The van der Waals surface area contributed by atoms with Crippen LogP contribution in [0, 0.1) is 0 Å². The Labute approximate surface area is 197 Å². The number of fused-ring (bicyclic) bond motifs is 1. The quantitative estimate of drug-likeness (QED) is 0.382.